The molecule has 2 aromatic rings. The smallest absolute Gasteiger partial charge is 0.310 e. The highest BCUT2D eigenvalue weighted by molar-refractivity contribution is 5.86. The second-order valence-corrected chi connectivity index (χ2v) is 3.57. The van der Waals surface area contributed by atoms with E-state index >= 15 is 0 Å². The third-order valence-electron chi connectivity index (χ3n) is 2.46. The first kappa shape index (κ1) is 11.3. The van der Waals surface area contributed by atoms with Gasteiger partial charge in [-0.3, -0.25) is 9.59 Å². The van der Waals surface area contributed by atoms with Gasteiger partial charge in [-0.15, -0.1) is 0 Å². The van der Waals surface area contributed by atoms with E-state index < -0.39 is 11.8 Å². The van der Waals surface area contributed by atoms with Gasteiger partial charge in [0.25, 0.3) is 0 Å². The first-order valence-corrected chi connectivity index (χ1v) is 4.99. The number of methoxy groups -OCH3 is 1. The quantitative estimate of drug-likeness (QED) is 0.800. The summed E-state index contributed by atoms with van der Waals surface area (Å²) in [7, 11) is 1.24. The molecular weight excluding hydrogens is 225 g/mol. The molecule has 2 rings (SSSR count). The zero-order chi connectivity index (χ0) is 12.4. The number of esters is 1. The fraction of sp³-hybridized carbons (Fsp3) is 0.167. The number of fused-ring (bicyclic) bond motifs is 1. The Balaban J connectivity index is 2.68. The average Bonchev–Trinajstić information content (AvgIpc) is 2.28. The molecule has 1 N–H and O–H groups in total. The Hall–Kier alpha value is -2.17. The van der Waals surface area contributed by atoms with Crippen LogP contribution in [0.1, 0.15) is 5.56 Å². The number of halogens is 1. The highest BCUT2D eigenvalue weighted by atomic mass is 19.1. The van der Waals surface area contributed by atoms with Crippen molar-refractivity contribution in [3.63, 3.8) is 0 Å². The van der Waals surface area contributed by atoms with Crippen LogP contribution >= 0.6 is 0 Å². The number of hydrogen-bond donors (Lipinski definition) is 1. The zero-order valence-electron chi connectivity index (χ0n) is 9.12. The molecule has 0 aliphatic heterocycles. The highest BCUT2D eigenvalue weighted by Gasteiger charge is 2.11. The Bertz CT molecular complexity index is 633. The van der Waals surface area contributed by atoms with E-state index in [1.54, 1.807) is 6.07 Å². The average molecular weight is 235 g/mol. The number of carbonyl (C=O) groups excluding carboxylic acids is 1. The van der Waals surface area contributed by atoms with Crippen molar-refractivity contribution in [2.45, 2.75) is 6.42 Å². The molecule has 17 heavy (non-hydrogen) atoms. The van der Waals surface area contributed by atoms with Crippen molar-refractivity contribution in [1.82, 2.24) is 4.98 Å². The molecular formula is C12H10FNO3. The van der Waals surface area contributed by atoms with Crippen LogP contribution in [0.5, 0.6) is 0 Å². The van der Waals surface area contributed by atoms with Crippen LogP contribution in [0.2, 0.25) is 0 Å². The van der Waals surface area contributed by atoms with E-state index in [9.17, 15) is 14.0 Å². The van der Waals surface area contributed by atoms with E-state index in [0.717, 1.165) is 0 Å². The van der Waals surface area contributed by atoms with Gasteiger partial charge in [0.2, 0.25) is 5.56 Å². The second-order valence-electron chi connectivity index (χ2n) is 3.57. The van der Waals surface area contributed by atoms with Gasteiger partial charge < -0.3 is 9.72 Å². The Morgan fingerprint density at radius 2 is 2.24 bits per heavy atom. The maximum Gasteiger partial charge on any atom is 0.310 e. The molecule has 4 nitrogen and oxygen atoms in total. The number of pyridine rings is 1. The summed E-state index contributed by atoms with van der Waals surface area (Å²) in [5.41, 5.74) is 0.326. The minimum Gasteiger partial charge on any atom is -0.469 e. The van der Waals surface area contributed by atoms with Gasteiger partial charge in [-0.1, -0.05) is 6.07 Å². The van der Waals surface area contributed by atoms with Gasteiger partial charge in [-0.05, 0) is 17.7 Å². The standard InChI is InChI=1S/C12H10FNO3/c1-17-11(16)6-7-5-10(15)14-9-4-2-3-8(13)12(7)9/h2-5H,6H2,1H3,(H,14,15). The topological polar surface area (TPSA) is 59.2 Å². The zero-order valence-corrected chi connectivity index (χ0v) is 9.12. The van der Waals surface area contributed by atoms with Crippen molar-refractivity contribution in [2.24, 2.45) is 0 Å². The Morgan fingerprint density at radius 1 is 1.47 bits per heavy atom. The molecule has 1 aromatic heterocycles. The molecule has 0 bridgehead atoms. The summed E-state index contributed by atoms with van der Waals surface area (Å²) in [6.07, 6.45) is -0.127. The molecule has 5 heteroatoms. The molecule has 88 valence electrons. The van der Waals surface area contributed by atoms with Crippen LogP contribution in [0.25, 0.3) is 10.9 Å². The van der Waals surface area contributed by atoms with Gasteiger partial charge in [0.15, 0.2) is 0 Å². The lowest BCUT2D eigenvalue weighted by atomic mass is 10.1. The first-order chi connectivity index (χ1) is 8.11. The van der Waals surface area contributed by atoms with E-state index in [0.29, 0.717) is 11.1 Å². The fourth-order valence-corrected chi connectivity index (χ4v) is 1.72. The summed E-state index contributed by atoms with van der Waals surface area (Å²) in [4.78, 5) is 25.1. The number of aromatic nitrogens is 1. The van der Waals surface area contributed by atoms with Crippen molar-refractivity contribution in [1.29, 1.82) is 0 Å². The Labute approximate surface area is 96.0 Å². The van der Waals surface area contributed by atoms with Crippen LogP contribution in [0.3, 0.4) is 0 Å². The van der Waals surface area contributed by atoms with E-state index in [-0.39, 0.29) is 17.4 Å². The Kier molecular flexibility index (Phi) is 2.91. The van der Waals surface area contributed by atoms with Gasteiger partial charge in [0.1, 0.15) is 5.82 Å². The molecule has 0 unspecified atom stereocenters. The maximum absolute atomic E-state index is 13.7. The summed E-state index contributed by atoms with van der Waals surface area (Å²) in [6.45, 7) is 0. The molecule has 0 atom stereocenters. The summed E-state index contributed by atoms with van der Waals surface area (Å²) in [6, 6.07) is 5.57. The number of hydrogen-bond acceptors (Lipinski definition) is 3. The minimum atomic E-state index is -0.514. The number of ether oxygens (including phenoxy) is 1. The predicted octanol–water partition coefficient (Wildman–Crippen LogP) is 1.38. The van der Waals surface area contributed by atoms with Gasteiger partial charge in [0, 0.05) is 11.5 Å². The molecule has 0 radical (unpaired) electrons. The van der Waals surface area contributed by atoms with E-state index in [2.05, 4.69) is 9.72 Å². The second kappa shape index (κ2) is 4.37. The molecule has 1 heterocycles. The van der Waals surface area contributed by atoms with E-state index in [1.165, 1.54) is 25.3 Å². The number of H-pyrrole nitrogens is 1. The predicted molar refractivity (Wildman–Crippen MR) is 60.2 cm³/mol. The maximum atomic E-state index is 13.7. The normalized spacial score (nSPS) is 10.5. The number of aromatic amines is 1. The van der Waals surface area contributed by atoms with E-state index in [4.69, 9.17) is 0 Å². The lowest BCUT2D eigenvalue weighted by molar-refractivity contribution is -0.139. The summed E-state index contributed by atoms with van der Waals surface area (Å²) in [5.74, 6) is -0.988. The van der Waals surface area contributed by atoms with Gasteiger partial charge in [-0.2, -0.15) is 0 Å². The van der Waals surface area contributed by atoms with Crippen molar-refractivity contribution in [3.8, 4) is 0 Å². The molecule has 0 fully saturated rings. The van der Waals surface area contributed by atoms with E-state index in [1.807, 2.05) is 0 Å². The number of carbonyl (C=O) groups is 1. The van der Waals surface area contributed by atoms with Crippen LogP contribution in [0.15, 0.2) is 29.1 Å². The van der Waals surface area contributed by atoms with Crippen LogP contribution in [-0.4, -0.2) is 18.1 Å². The monoisotopic (exact) mass is 235 g/mol. The summed E-state index contributed by atoms with van der Waals surface area (Å²) in [5, 5.41) is 0.248. The van der Waals surface area contributed by atoms with Crippen molar-refractivity contribution in [3.05, 3.63) is 46.0 Å². The molecule has 0 saturated carbocycles. The van der Waals surface area contributed by atoms with Gasteiger partial charge >= 0.3 is 5.97 Å². The number of rotatable bonds is 2. The lowest BCUT2D eigenvalue weighted by Gasteiger charge is -2.05. The molecule has 0 aliphatic carbocycles. The lowest BCUT2D eigenvalue weighted by Crippen LogP contribution is -2.11. The summed E-state index contributed by atoms with van der Waals surface area (Å²) < 4.78 is 18.2. The molecule has 0 spiro atoms. The third-order valence-corrected chi connectivity index (χ3v) is 2.46. The van der Waals surface area contributed by atoms with Crippen molar-refractivity contribution < 1.29 is 13.9 Å². The minimum absolute atomic E-state index is 0.127. The number of benzene rings is 1. The molecule has 0 saturated heterocycles. The SMILES string of the molecule is COC(=O)Cc1cc(=O)[nH]c2cccc(F)c12. The largest absolute Gasteiger partial charge is 0.469 e. The van der Waals surface area contributed by atoms with Gasteiger partial charge in [0.05, 0.1) is 19.0 Å². The van der Waals surface area contributed by atoms with Crippen molar-refractivity contribution in [2.75, 3.05) is 7.11 Å². The molecule has 0 aliphatic rings. The van der Waals surface area contributed by atoms with Crippen molar-refractivity contribution >= 4 is 16.9 Å². The molecule has 1 aromatic carbocycles. The van der Waals surface area contributed by atoms with Gasteiger partial charge in [-0.25, -0.2) is 4.39 Å². The number of nitrogens with one attached hydrogen (secondary N) is 1. The van der Waals surface area contributed by atoms with Crippen LogP contribution < -0.4 is 5.56 Å². The molecule has 0 amide bonds. The first-order valence-electron chi connectivity index (χ1n) is 4.99. The summed E-state index contributed by atoms with van der Waals surface area (Å²) >= 11 is 0. The van der Waals surface area contributed by atoms with Crippen LogP contribution in [0, 0.1) is 5.82 Å². The highest BCUT2D eigenvalue weighted by Crippen LogP contribution is 2.19. The third kappa shape index (κ3) is 2.18. The van der Waals surface area contributed by atoms with Crippen LogP contribution in [-0.2, 0) is 16.0 Å². The fourth-order valence-electron chi connectivity index (χ4n) is 1.72. The Morgan fingerprint density at radius 3 is 2.94 bits per heavy atom. The van der Waals surface area contributed by atoms with Crippen LogP contribution in [0.4, 0.5) is 4.39 Å².